The maximum absolute atomic E-state index is 4.46. The summed E-state index contributed by atoms with van der Waals surface area (Å²) in [6.45, 7) is 0. The van der Waals surface area contributed by atoms with Crippen molar-refractivity contribution in [2.75, 3.05) is 0 Å². The molecule has 0 radical (unpaired) electrons. The van der Waals surface area contributed by atoms with E-state index in [9.17, 15) is 0 Å². The molecule has 0 saturated heterocycles. The molecule has 74 valence electrons. The minimum atomic E-state index is 1.01. The van der Waals surface area contributed by atoms with Crippen LogP contribution in [-0.2, 0) is 7.05 Å². The highest BCUT2D eigenvalue weighted by atomic mass is 79.9. The third-order valence-electron chi connectivity index (χ3n) is 2.72. The van der Waals surface area contributed by atoms with Gasteiger partial charge < -0.3 is 4.57 Å². The van der Waals surface area contributed by atoms with Gasteiger partial charge in [-0.05, 0) is 28.1 Å². The van der Waals surface area contributed by atoms with Gasteiger partial charge in [0, 0.05) is 23.1 Å². The summed E-state index contributed by atoms with van der Waals surface area (Å²) < 4.78 is 3.18. The Balaban J connectivity index is 2.63. The van der Waals surface area contributed by atoms with Crippen LogP contribution in [0.15, 0.2) is 41.0 Å². The molecule has 3 aromatic rings. The normalized spacial score (nSPS) is 11.3. The van der Waals surface area contributed by atoms with Gasteiger partial charge in [0.25, 0.3) is 0 Å². The molecule has 0 aliphatic rings. The van der Waals surface area contributed by atoms with Gasteiger partial charge in [0.15, 0.2) is 0 Å². The van der Waals surface area contributed by atoms with Gasteiger partial charge in [0.2, 0.25) is 0 Å². The van der Waals surface area contributed by atoms with Crippen molar-refractivity contribution >= 4 is 37.9 Å². The van der Waals surface area contributed by atoms with E-state index in [4.69, 9.17) is 0 Å². The van der Waals surface area contributed by atoms with E-state index < -0.39 is 0 Å². The molecule has 0 bridgehead atoms. The lowest BCUT2D eigenvalue weighted by Gasteiger charge is -1.96. The average Bonchev–Trinajstić information content (AvgIpc) is 2.54. The summed E-state index contributed by atoms with van der Waals surface area (Å²) in [5.41, 5.74) is 3.44. The predicted octanol–water partition coefficient (Wildman–Crippen LogP) is 3.49. The van der Waals surface area contributed by atoms with Crippen molar-refractivity contribution in [1.29, 1.82) is 0 Å². The molecular formula is C12H9BrN2. The van der Waals surface area contributed by atoms with Crippen LogP contribution in [0, 0.1) is 0 Å². The fourth-order valence-electron chi connectivity index (χ4n) is 1.99. The lowest BCUT2D eigenvalue weighted by molar-refractivity contribution is 1.01. The first-order valence-electron chi connectivity index (χ1n) is 4.76. The third kappa shape index (κ3) is 1.20. The summed E-state index contributed by atoms with van der Waals surface area (Å²) in [6.07, 6.45) is 1.84. The van der Waals surface area contributed by atoms with Crippen LogP contribution in [0.4, 0.5) is 0 Å². The Labute approximate surface area is 95.7 Å². The molecule has 0 aliphatic carbocycles. The number of fused-ring (bicyclic) bond motifs is 3. The van der Waals surface area contributed by atoms with Crippen molar-refractivity contribution in [3.8, 4) is 0 Å². The quantitative estimate of drug-likeness (QED) is 0.605. The van der Waals surface area contributed by atoms with Crippen LogP contribution in [0.5, 0.6) is 0 Å². The predicted molar refractivity (Wildman–Crippen MR) is 65.9 cm³/mol. The molecular weight excluding hydrogens is 252 g/mol. The molecule has 0 spiro atoms. The number of aromatic nitrogens is 2. The lowest BCUT2D eigenvalue weighted by Crippen LogP contribution is -1.86. The topological polar surface area (TPSA) is 17.8 Å². The lowest BCUT2D eigenvalue weighted by atomic mass is 10.2. The summed E-state index contributed by atoms with van der Waals surface area (Å²) >= 11 is 3.45. The maximum Gasteiger partial charge on any atom is 0.0960 e. The van der Waals surface area contributed by atoms with Crippen molar-refractivity contribution < 1.29 is 0 Å². The highest BCUT2D eigenvalue weighted by molar-refractivity contribution is 9.10. The van der Waals surface area contributed by atoms with E-state index >= 15 is 0 Å². The molecule has 0 saturated carbocycles. The molecule has 0 fully saturated rings. The molecule has 0 amide bonds. The Kier molecular flexibility index (Phi) is 1.83. The summed E-state index contributed by atoms with van der Waals surface area (Å²) in [7, 11) is 2.07. The maximum atomic E-state index is 4.46. The standard InChI is InChI=1S/C12H9BrN2/c1-15-10-5-3-2-4-9(10)12-11(15)6-8(13)7-14-12/h2-7H,1H3. The van der Waals surface area contributed by atoms with Crippen molar-refractivity contribution in [3.63, 3.8) is 0 Å². The van der Waals surface area contributed by atoms with E-state index in [1.165, 1.54) is 10.9 Å². The summed E-state index contributed by atoms with van der Waals surface area (Å²) in [5.74, 6) is 0. The number of halogens is 1. The Morgan fingerprint density at radius 1 is 1.20 bits per heavy atom. The van der Waals surface area contributed by atoms with E-state index in [-0.39, 0.29) is 0 Å². The number of rotatable bonds is 0. The van der Waals surface area contributed by atoms with E-state index in [1.807, 2.05) is 12.3 Å². The second-order valence-electron chi connectivity index (χ2n) is 3.60. The zero-order valence-electron chi connectivity index (χ0n) is 8.24. The van der Waals surface area contributed by atoms with E-state index in [1.54, 1.807) is 0 Å². The van der Waals surface area contributed by atoms with E-state index in [2.05, 4.69) is 56.8 Å². The molecule has 2 heterocycles. The molecule has 2 nitrogen and oxygen atoms in total. The van der Waals surface area contributed by atoms with Crippen LogP contribution >= 0.6 is 15.9 Å². The van der Waals surface area contributed by atoms with Crippen molar-refractivity contribution in [1.82, 2.24) is 9.55 Å². The van der Waals surface area contributed by atoms with Gasteiger partial charge in [0.05, 0.1) is 16.6 Å². The minimum Gasteiger partial charge on any atom is -0.342 e. The Morgan fingerprint density at radius 2 is 2.00 bits per heavy atom. The Bertz CT molecular complexity index is 655. The molecule has 0 N–H and O–H groups in total. The van der Waals surface area contributed by atoms with Crippen LogP contribution < -0.4 is 0 Å². The SMILES string of the molecule is Cn1c2ccccc2c2ncc(Br)cc21. The summed E-state index contributed by atoms with van der Waals surface area (Å²) in [6, 6.07) is 10.4. The van der Waals surface area contributed by atoms with Crippen molar-refractivity contribution in [2.45, 2.75) is 0 Å². The van der Waals surface area contributed by atoms with Crippen molar-refractivity contribution in [2.24, 2.45) is 7.05 Å². The number of benzene rings is 1. The molecule has 3 rings (SSSR count). The van der Waals surface area contributed by atoms with Gasteiger partial charge in [-0.3, -0.25) is 4.98 Å². The first-order valence-corrected chi connectivity index (χ1v) is 5.55. The molecule has 2 aromatic heterocycles. The van der Waals surface area contributed by atoms with Crippen LogP contribution in [-0.4, -0.2) is 9.55 Å². The van der Waals surface area contributed by atoms with Gasteiger partial charge >= 0.3 is 0 Å². The average molecular weight is 261 g/mol. The molecule has 0 atom stereocenters. The summed E-state index contributed by atoms with van der Waals surface area (Å²) in [4.78, 5) is 4.46. The van der Waals surface area contributed by atoms with E-state index in [0.717, 1.165) is 15.5 Å². The zero-order valence-corrected chi connectivity index (χ0v) is 9.82. The van der Waals surface area contributed by atoms with Crippen LogP contribution in [0.2, 0.25) is 0 Å². The first kappa shape index (κ1) is 8.92. The Morgan fingerprint density at radius 3 is 2.87 bits per heavy atom. The van der Waals surface area contributed by atoms with Gasteiger partial charge in [-0.25, -0.2) is 0 Å². The van der Waals surface area contributed by atoms with Gasteiger partial charge in [-0.15, -0.1) is 0 Å². The molecule has 1 aromatic carbocycles. The van der Waals surface area contributed by atoms with E-state index in [0.29, 0.717) is 0 Å². The van der Waals surface area contributed by atoms with Gasteiger partial charge in [-0.1, -0.05) is 18.2 Å². The largest absolute Gasteiger partial charge is 0.342 e. The first-order chi connectivity index (χ1) is 7.27. The van der Waals surface area contributed by atoms with Gasteiger partial charge in [-0.2, -0.15) is 0 Å². The fraction of sp³-hybridized carbons (Fsp3) is 0.0833. The number of hydrogen-bond acceptors (Lipinski definition) is 1. The highest BCUT2D eigenvalue weighted by Crippen LogP contribution is 2.27. The fourth-order valence-corrected chi connectivity index (χ4v) is 2.31. The Hall–Kier alpha value is -1.35. The third-order valence-corrected chi connectivity index (χ3v) is 3.15. The molecule has 0 aliphatic heterocycles. The highest BCUT2D eigenvalue weighted by Gasteiger charge is 2.08. The number of aryl methyl sites for hydroxylation is 1. The zero-order chi connectivity index (χ0) is 10.4. The number of nitrogens with zero attached hydrogens (tertiary/aromatic N) is 2. The number of hydrogen-bond donors (Lipinski definition) is 0. The van der Waals surface area contributed by atoms with Crippen molar-refractivity contribution in [3.05, 3.63) is 41.0 Å². The second-order valence-corrected chi connectivity index (χ2v) is 4.51. The second kappa shape index (κ2) is 3.07. The molecule has 3 heteroatoms. The minimum absolute atomic E-state index is 1.01. The monoisotopic (exact) mass is 260 g/mol. The van der Waals surface area contributed by atoms with Crippen LogP contribution in [0.3, 0.4) is 0 Å². The molecule has 15 heavy (non-hydrogen) atoms. The smallest absolute Gasteiger partial charge is 0.0960 e. The van der Waals surface area contributed by atoms with Crippen LogP contribution in [0.1, 0.15) is 0 Å². The van der Waals surface area contributed by atoms with Gasteiger partial charge in [0.1, 0.15) is 0 Å². The molecule has 0 unspecified atom stereocenters. The summed E-state index contributed by atoms with van der Waals surface area (Å²) in [5, 5.41) is 1.21. The number of pyridine rings is 1. The number of para-hydroxylation sites is 1. The van der Waals surface area contributed by atoms with Crippen LogP contribution in [0.25, 0.3) is 21.9 Å².